The highest BCUT2D eigenvalue weighted by molar-refractivity contribution is 5.38. The molecule has 0 aromatic heterocycles. The summed E-state index contributed by atoms with van der Waals surface area (Å²) in [6.45, 7) is 11.2. The van der Waals surface area contributed by atoms with Crippen LogP contribution in [0.4, 0.5) is 0 Å². The molecule has 114 valence electrons. The Balaban J connectivity index is 2.35. The number of hydrogen-bond donors (Lipinski definition) is 1. The first-order valence-electron chi connectivity index (χ1n) is 7.50. The Bertz CT molecular complexity index is 391. The minimum Gasteiger partial charge on any atom is -0.496 e. The molecule has 1 N–H and O–H groups in total. The molecule has 0 radical (unpaired) electrons. The van der Waals surface area contributed by atoms with Crippen molar-refractivity contribution in [3.05, 3.63) is 29.3 Å². The summed E-state index contributed by atoms with van der Waals surface area (Å²) in [5.41, 5.74) is 2.46. The van der Waals surface area contributed by atoms with E-state index in [2.05, 4.69) is 45.1 Å². The summed E-state index contributed by atoms with van der Waals surface area (Å²) in [4.78, 5) is 0. The third-order valence-electron chi connectivity index (χ3n) is 3.39. The lowest BCUT2D eigenvalue weighted by atomic mass is 10.0. The van der Waals surface area contributed by atoms with Crippen LogP contribution < -0.4 is 10.1 Å². The van der Waals surface area contributed by atoms with Crippen LogP contribution in [0.5, 0.6) is 5.75 Å². The molecule has 20 heavy (non-hydrogen) atoms. The fourth-order valence-electron chi connectivity index (χ4n) is 2.07. The molecular weight excluding hydrogens is 250 g/mol. The molecule has 0 aliphatic rings. The van der Waals surface area contributed by atoms with Crippen molar-refractivity contribution in [2.45, 2.75) is 40.2 Å². The topological polar surface area (TPSA) is 30.5 Å². The molecule has 0 aliphatic carbocycles. The van der Waals surface area contributed by atoms with Gasteiger partial charge in [0.1, 0.15) is 5.75 Å². The second kappa shape index (κ2) is 8.98. The molecule has 0 spiro atoms. The number of benzene rings is 1. The maximum absolute atomic E-state index is 5.62. The lowest BCUT2D eigenvalue weighted by molar-refractivity contribution is 0.123. The van der Waals surface area contributed by atoms with Crippen molar-refractivity contribution < 1.29 is 9.47 Å². The maximum atomic E-state index is 5.62. The second-order valence-electron chi connectivity index (χ2n) is 5.72. The van der Waals surface area contributed by atoms with Crippen LogP contribution in [0.15, 0.2) is 18.2 Å². The van der Waals surface area contributed by atoms with Gasteiger partial charge in [-0.3, -0.25) is 0 Å². The van der Waals surface area contributed by atoms with Gasteiger partial charge in [-0.05, 0) is 32.3 Å². The van der Waals surface area contributed by atoms with E-state index in [0.29, 0.717) is 5.92 Å². The summed E-state index contributed by atoms with van der Waals surface area (Å²) in [6.07, 6.45) is 1.13. The highest BCUT2D eigenvalue weighted by Crippen LogP contribution is 2.25. The minimum atomic E-state index is 0.263. The average molecular weight is 279 g/mol. The molecule has 0 saturated heterocycles. The van der Waals surface area contributed by atoms with Crippen LogP contribution in [0, 0.1) is 12.8 Å². The van der Waals surface area contributed by atoms with E-state index in [-0.39, 0.29) is 6.04 Å². The Labute approximate surface area is 123 Å². The van der Waals surface area contributed by atoms with Crippen LogP contribution in [-0.2, 0) is 4.74 Å². The summed E-state index contributed by atoms with van der Waals surface area (Å²) in [6, 6.07) is 6.54. The van der Waals surface area contributed by atoms with Gasteiger partial charge in [0.05, 0.1) is 13.7 Å². The van der Waals surface area contributed by atoms with Crippen LogP contribution in [0.1, 0.15) is 44.4 Å². The zero-order valence-electron chi connectivity index (χ0n) is 13.5. The van der Waals surface area contributed by atoms with Gasteiger partial charge in [0.25, 0.3) is 0 Å². The summed E-state index contributed by atoms with van der Waals surface area (Å²) in [5, 5.41) is 3.48. The van der Waals surface area contributed by atoms with Gasteiger partial charge < -0.3 is 14.8 Å². The molecule has 0 bridgehead atoms. The van der Waals surface area contributed by atoms with Crippen LogP contribution in [0.3, 0.4) is 0 Å². The quantitative estimate of drug-likeness (QED) is 0.699. The first kappa shape index (κ1) is 17.0. The lowest BCUT2D eigenvalue weighted by Gasteiger charge is -2.18. The molecule has 1 aromatic rings. The van der Waals surface area contributed by atoms with E-state index in [1.54, 1.807) is 7.11 Å². The number of hydrogen-bond acceptors (Lipinski definition) is 3. The summed E-state index contributed by atoms with van der Waals surface area (Å²) >= 11 is 0. The first-order chi connectivity index (χ1) is 9.54. The van der Waals surface area contributed by atoms with Crippen molar-refractivity contribution in [1.82, 2.24) is 5.32 Å². The first-order valence-corrected chi connectivity index (χ1v) is 7.50. The van der Waals surface area contributed by atoms with Gasteiger partial charge in [0.2, 0.25) is 0 Å². The largest absolute Gasteiger partial charge is 0.496 e. The zero-order valence-corrected chi connectivity index (χ0v) is 13.5. The number of rotatable bonds is 9. The van der Waals surface area contributed by atoms with Crippen LogP contribution in [0.2, 0.25) is 0 Å². The Morgan fingerprint density at radius 3 is 2.55 bits per heavy atom. The van der Waals surface area contributed by atoms with Crippen molar-refractivity contribution in [2.75, 3.05) is 26.9 Å². The van der Waals surface area contributed by atoms with Gasteiger partial charge in [-0.15, -0.1) is 0 Å². The fraction of sp³-hybridized carbons (Fsp3) is 0.647. The molecule has 0 fully saturated rings. The number of ether oxygens (including phenoxy) is 2. The molecule has 1 unspecified atom stereocenters. The van der Waals surface area contributed by atoms with E-state index < -0.39 is 0 Å². The molecule has 0 heterocycles. The van der Waals surface area contributed by atoms with Crippen molar-refractivity contribution in [3.63, 3.8) is 0 Å². The van der Waals surface area contributed by atoms with E-state index in [9.17, 15) is 0 Å². The zero-order chi connectivity index (χ0) is 15.0. The van der Waals surface area contributed by atoms with Crippen LogP contribution in [0.25, 0.3) is 0 Å². The normalized spacial score (nSPS) is 12.7. The van der Waals surface area contributed by atoms with Crippen molar-refractivity contribution in [3.8, 4) is 5.75 Å². The van der Waals surface area contributed by atoms with Crippen molar-refractivity contribution in [2.24, 2.45) is 5.92 Å². The maximum Gasteiger partial charge on any atom is 0.123 e. The van der Waals surface area contributed by atoms with Crippen molar-refractivity contribution >= 4 is 0 Å². The van der Waals surface area contributed by atoms with Crippen LogP contribution >= 0.6 is 0 Å². The molecule has 0 amide bonds. The van der Waals surface area contributed by atoms with E-state index in [1.807, 2.05) is 6.07 Å². The van der Waals surface area contributed by atoms with Gasteiger partial charge >= 0.3 is 0 Å². The average Bonchev–Trinajstić information content (AvgIpc) is 2.42. The molecule has 1 rings (SSSR count). The standard InChI is InChI=1S/C17H29NO2/c1-13(2)8-10-20-11-9-18-15(4)16-12-14(3)6-7-17(16)19-5/h6-7,12-13,15,18H,8-11H2,1-5H3. The third kappa shape index (κ3) is 5.93. The SMILES string of the molecule is COc1ccc(C)cc1C(C)NCCOCCC(C)C. The van der Waals surface area contributed by atoms with Crippen molar-refractivity contribution in [1.29, 1.82) is 0 Å². The smallest absolute Gasteiger partial charge is 0.123 e. The van der Waals surface area contributed by atoms with E-state index in [1.165, 1.54) is 11.1 Å². The van der Waals surface area contributed by atoms with Gasteiger partial charge in [-0.2, -0.15) is 0 Å². The fourth-order valence-corrected chi connectivity index (χ4v) is 2.07. The molecule has 1 atom stereocenters. The second-order valence-corrected chi connectivity index (χ2v) is 5.72. The van der Waals surface area contributed by atoms with Gasteiger partial charge in [0, 0.05) is 24.8 Å². The number of methoxy groups -OCH3 is 1. The Kier molecular flexibility index (Phi) is 7.63. The molecule has 3 nitrogen and oxygen atoms in total. The summed E-state index contributed by atoms with van der Waals surface area (Å²) in [5.74, 6) is 1.65. The Morgan fingerprint density at radius 1 is 1.15 bits per heavy atom. The predicted molar refractivity (Wildman–Crippen MR) is 84.4 cm³/mol. The van der Waals surface area contributed by atoms with Gasteiger partial charge in [-0.25, -0.2) is 0 Å². The number of aryl methyl sites for hydroxylation is 1. The number of nitrogens with one attached hydrogen (secondary N) is 1. The van der Waals surface area contributed by atoms with E-state index >= 15 is 0 Å². The Hall–Kier alpha value is -1.06. The van der Waals surface area contributed by atoms with Crippen LogP contribution in [-0.4, -0.2) is 26.9 Å². The monoisotopic (exact) mass is 279 g/mol. The lowest BCUT2D eigenvalue weighted by Crippen LogP contribution is -2.24. The molecule has 0 saturated carbocycles. The molecule has 0 aliphatic heterocycles. The molecule has 3 heteroatoms. The van der Waals surface area contributed by atoms with E-state index in [0.717, 1.165) is 31.9 Å². The van der Waals surface area contributed by atoms with Gasteiger partial charge in [-0.1, -0.05) is 31.5 Å². The summed E-state index contributed by atoms with van der Waals surface area (Å²) < 4.78 is 11.0. The third-order valence-corrected chi connectivity index (χ3v) is 3.39. The predicted octanol–water partition coefficient (Wildman–Crippen LogP) is 3.72. The Morgan fingerprint density at radius 2 is 1.90 bits per heavy atom. The van der Waals surface area contributed by atoms with Gasteiger partial charge in [0.15, 0.2) is 0 Å². The molecular formula is C17H29NO2. The minimum absolute atomic E-state index is 0.263. The highest BCUT2D eigenvalue weighted by atomic mass is 16.5. The van der Waals surface area contributed by atoms with E-state index in [4.69, 9.17) is 9.47 Å². The summed E-state index contributed by atoms with van der Waals surface area (Å²) in [7, 11) is 1.72. The highest BCUT2D eigenvalue weighted by Gasteiger charge is 2.10. The molecule has 1 aromatic carbocycles.